The van der Waals surface area contributed by atoms with Gasteiger partial charge < -0.3 is 24.4 Å². The van der Waals surface area contributed by atoms with Crippen molar-refractivity contribution in [3.63, 3.8) is 0 Å². The van der Waals surface area contributed by atoms with Gasteiger partial charge in [0.25, 0.3) is 6.47 Å². The van der Waals surface area contributed by atoms with Gasteiger partial charge in [-0.1, -0.05) is 83.1 Å². The summed E-state index contributed by atoms with van der Waals surface area (Å²) in [5.41, 5.74) is 1.71. The summed E-state index contributed by atoms with van der Waals surface area (Å²) in [4.78, 5) is 40.0. The van der Waals surface area contributed by atoms with Crippen LogP contribution in [-0.4, -0.2) is 71.5 Å². The maximum absolute atomic E-state index is 13.5. The second-order valence-electron chi connectivity index (χ2n) is 17.5. The first-order valence-corrected chi connectivity index (χ1v) is 17.2. The van der Waals surface area contributed by atoms with Crippen LogP contribution in [0.1, 0.15) is 147 Å². The summed E-state index contributed by atoms with van der Waals surface area (Å²) >= 11 is 0. The number of phenolic OH excluding ortho intramolecular Hbond substituents is 2. The van der Waals surface area contributed by atoms with E-state index in [9.17, 15) is 24.6 Å². The molecule has 0 aliphatic rings. The smallest absolute Gasteiger partial charge is 0.338 e. The zero-order chi connectivity index (χ0) is 37.9. The van der Waals surface area contributed by atoms with Crippen molar-refractivity contribution in [1.29, 1.82) is 0 Å². The van der Waals surface area contributed by atoms with Gasteiger partial charge in [0.2, 0.25) is 0 Å². The third-order valence-electron chi connectivity index (χ3n) is 8.37. The van der Waals surface area contributed by atoms with Gasteiger partial charge in [0, 0.05) is 41.9 Å². The molecular weight excluding hydrogens is 622 g/mol. The second kappa shape index (κ2) is 15.5. The molecule has 0 spiro atoms. The van der Waals surface area contributed by atoms with Crippen LogP contribution >= 0.6 is 0 Å². The number of esters is 2. The molecule has 2 aromatic rings. The molecule has 2 aromatic carbocycles. The molecule has 9 heteroatoms. The van der Waals surface area contributed by atoms with Crippen molar-refractivity contribution in [3.05, 3.63) is 57.6 Å². The van der Waals surface area contributed by atoms with Crippen LogP contribution < -0.4 is 0 Å². The Kier molecular flexibility index (Phi) is 13.2. The first kappa shape index (κ1) is 41.6. The third kappa shape index (κ3) is 11.5. The summed E-state index contributed by atoms with van der Waals surface area (Å²) in [5, 5.41) is 22.2. The molecule has 2 N–H and O–H groups in total. The van der Waals surface area contributed by atoms with Gasteiger partial charge in [0.05, 0.1) is 11.1 Å². The monoisotopic (exact) mass is 683 g/mol. The number of hydrogen-bond donors (Lipinski definition) is 2. The van der Waals surface area contributed by atoms with Gasteiger partial charge in [0.1, 0.15) is 29.8 Å². The number of hydrogen-bond acceptors (Lipinski definition) is 9. The Morgan fingerprint density at radius 1 is 0.592 bits per heavy atom. The zero-order valence-corrected chi connectivity index (χ0v) is 32.5. The van der Waals surface area contributed by atoms with E-state index in [2.05, 4.69) is 0 Å². The van der Waals surface area contributed by atoms with Gasteiger partial charge in [-0.15, -0.1) is 0 Å². The number of phenols is 2. The Balaban J connectivity index is 2.32. The summed E-state index contributed by atoms with van der Waals surface area (Å²) in [5.74, 6) is -0.673. The standard InChI is InChI=1S/C40H61NO8/c1-24(47-23-42)20-41(21-25(2)48-35(45)27-16-29(37(4,5)6)33(43)30(17-27)38(7,8)9)22-26(3)49-36(46)28-18-31(39(10,11)12)34(44)32(19-28)40(13,14)15/h16-19,23-26,43-44H,20-22H2,1-15H3. The zero-order valence-electron chi connectivity index (χ0n) is 32.5. The SMILES string of the molecule is CC(CN(CC(C)OC(=O)c1cc(C(C)(C)C)c(O)c(C(C)(C)C)c1)CC(C)OC(=O)c1cc(C(C)(C)C)c(O)c(C(C)(C)C)c1)OC=O. The molecule has 9 nitrogen and oxygen atoms in total. The van der Waals surface area contributed by atoms with E-state index in [1.54, 1.807) is 45.0 Å². The minimum atomic E-state index is -0.579. The van der Waals surface area contributed by atoms with E-state index in [-0.39, 0.29) is 24.6 Å². The average Bonchev–Trinajstić information content (AvgIpc) is 2.90. The molecule has 2 rings (SSSR count). The summed E-state index contributed by atoms with van der Waals surface area (Å²) < 4.78 is 17.0. The molecule has 0 aromatic heterocycles. The lowest BCUT2D eigenvalue weighted by molar-refractivity contribution is -0.133. The Labute approximate surface area is 294 Å². The molecule has 0 bridgehead atoms. The fourth-order valence-corrected chi connectivity index (χ4v) is 5.82. The minimum Gasteiger partial charge on any atom is -0.507 e. The molecule has 49 heavy (non-hydrogen) atoms. The molecule has 0 radical (unpaired) electrons. The van der Waals surface area contributed by atoms with Crippen molar-refractivity contribution < 1.29 is 38.8 Å². The number of ether oxygens (including phenoxy) is 3. The Morgan fingerprint density at radius 3 is 1.10 bits per heavy atom. The number of nitrogens with zero attached hydrogens (tertiary/aromatic N) is 1. The highest BCUT2D eigenvalue weighted by Crippen LogP contribution is 2.41. The van der Waals surface area contributed by atoms with Gasteiger partial charge >= 0.3 is 11.9 Å². The number of benzene rings is 2. The number of rotatable bonds is 12. The predicted molar refractivity (Wildman–Crippen MR) is 194 cm³/mol. The van der Waals surface area contributed by atoms with Crippen LogP contribution in [0.25, 0.3) is 0 Å². The van der Waals surface area contributed by atoms with Crippen molar-refractivity contribution in [2.24, 2.45) is 0 Å². The van der Waals surface area contributed by atoms with Crippen molar-refractivity contribution in [1.82, 2.24) is 4.90 Å². The largest absolute Gasteiger partial charge is 0.507 e. The molecule has 0 aliphatic heterocycles. The van der Waals surface area contributed by atoms with E-state index < -0.39 is 51.9 Å². The molecular formula is C40H61NO8. The van der Waals surface area contributed by atoms with Crippen molar-refractivity contribution in [2.45, 2.75) is 144 Å². The van der Waals surface area contributed by atoms with Gasteiger partial charge in [0.15, 0.2) is 0 Å². The fourth-order valence-electron chi connectivity index (χ4n) is 5.82. The molecule has 3 unspecified atom stereocenters. The molecule has 0 amide bonds. The number of aromatic hydroxyl groups is 2. The highest BCUT2D eigenvalue weighted by molar-refractivity contribution is 5.91. The maximum Gasteiger partial charge on any atom is 0.338 e. The van der Waals surface area contributed by atoms with Crippen molar-refractivity contribution in [2.75, 3.05) is 19.6 Å². The van der Waals surface area contributed by atoms with Crippen LogP contribution in [0.2, 0.25) is 0 Å². The van der Waals surface area contributed by atoms with Crippen LogP contribution in [0.4, 0.5) is 0 Å². The predicted octanol–water partition coefficient (Wildman–Crippen LogP) is 7.94. The van der Waals surface area contributed by atoms with Gasteiger partial charge in [-0.2, -0.15) is 0 Å². The van der Waals surface area contributed by atoms with Crippen LogP contribution in [0.15, 0.2) is 24.3 Å². The van der Waals surface area contributed by atoms with E-state index in [1.807, 2.05) is 88.0 Å². The third-order valence-corrected chi connectivity index (χ3v) is 8.37. The molecule has 0 saturated heterocycles. The molecule has 0 aliphatic carbocycles. The highest BCUT2D eigenvalue weighted by atomic mass is 16.6. The topological polar surface area (TPSA) is 123 Å². The van der Waals surface area contributed by atoms with Gasteiger partial charge in [-0.25, -0.2) is 9.59 Å². The molecule has 0 fully saturated rings. The summed E-state index contributed by atoms with van der Waals surface area (Å²) in [6.07, 6.45) is -1.63. The van der Waals surface area contributed by atoms with E-state index in [1.165, 1.54) is 0 Å². The summed E-state index contributed by atoms with van der Waals surface area (Å²) in [7, 11) is 0. The number of carbonyl (C=O) groups excluding carboxylic acids is 3. The van der Waals surface area contributed by atoms with Crippen LogP contribution in [0, 0.1) is 0 Å². The Morgan fingerprint density at radius 2 is 0.857 bits per heavy atom. The van der Waals surface area contributed by atoms with E-state index in [0.717, 1.165) is 0 Å². The van der Waals surface area contributed by atoms with E-state index in [0.29, 0.717) is 46.4 Å². The first-order valence-electron chi connectivity index (χ1n) is 17.2. The second-order valence-corrected chi connectivity index (χ2v) is 17.5. The Hall–Kier alpha value is -3.59. The minimum absolute atomic E-state index is 0.181. The molecule has 3 atom stereocenters. The highest BCUT2D eigenvalue weighted by Gasteiger charge is 2.31. The lowest BCUT2D eigenvalue weighted by Crippen LogP contribution is -2.43. The quantitative estimate of drug-likeness (QED) is 0.130. The fraction of sp³-hybridized carbons (Fsp3) is 0.625. The first-order chi connectivity index (χ1) is 22.2. The Bertz CT molecular complexity index is 1310. The molecule has 0 heterocycles. The normalized spacial score (nSPS) is 14.6. The summed E-state index contributed by atoms with van der Waals surface area (Å²) in [6.45, 7) is 30.3. The lowest BCUT2D eigenvalue weighted by Gasteiger charge is -2.30. The summed E-state index contributed by atoms with van der Waals surface area (Å²) in [6, 6.07) is 6.77. The molecule has 274 valence electrons. The maximum atomic E-state index is 13.5. The average molecular weight is 684 g/mol. The van der Waals surface area contributed by atoms with Gasteiger partial charge in [-0.05, 0) is 66.7 Å². The van der Waals surface area contributed by atoms with Crippen molar-refractivity contribution in [3.8, 4) is 11.5 Å². The van der Waals surface area contributed by atoms with Crippen LogP contribution in [0.3, 0.4) is 0 Å². The van der Waals surface area contributed by atoms with Gasteiger partial charge in [-0.3, -0.25) is 9.69 Å². The van der Waals surface area contributed by atoms with E-state index in [4.69, 9.17) is 14.2 Å². The number of carbonyl (C=O) groups is 3. The van der Waals surface area contributed by atoms with Crippen molar-refractivity contribution >= 4 is 18.4 Å². The van der Waals surface area contributed by atoms with Crippen LogP contribution in [0.5, 0.6) is 11.5 Å². The van der Waals surface area contributed by atoms with E-state index >= 15 is 0 Å². The lowest BCUT2D eigenvalue weighted by atomic mass is 9.78. The van der Waals surface area contributed by atoms with Crippen LogP contribution in [-0.2, 0) is 40.7 Å². The molecule has 0 saturated carbocycles.